The number of carboxylic acids is 1. The van der Waals surface area contributed by atoms with Gasteiger partial charge in [0.05, 0.1) is 6.54 Å². The fourth-order valence-electron chi connectivity index (χ4n) is 2.76. The van der Waals surface area contributed by atoms with Gasteiger partial charge >= 0.3 is 11.7 Å². The van der Waals surface area contributed by atoms with Crippen LogP contribution in [0, 0.1) is 0 Å². The first kappa shape index (κ1) is 21.4. The Morgan fingerprint density at radius 2 is 2.00 bits per heavy atom. The minimum Gasteiger partial charge on any atom is -0.491 e. The van der Waals surface area contributed by atoms with E-state index in [2.05, 4.69) is 15.3 Å². The molecule has 2 heterocycles. The van der Waals surface area contributed by atoms with Crippen molar-refractivity contribution >= 4 is 34.7 Å². The summed E-state index contributed by atoms with van der Waals surface area (Å²) >= 11 is 5.82. The van der Waals surface area contributed by atoms with Crippen LogP contribution in [0.2, 0.25) is 5.02 Å². The Balaban J connectivity index is 1.92. The zero-order chi connectivity index (χ0) is 22.0. The second kappa shape index (κ2) is 8.59. The number of carboxylic acid groups (broad SMARTS) is 1. The smallest absolute Gasteiger partial charge is 0.329 e. The van der Waals surface area contributed by atoms with Gasteiger partial charge in [-0.15, -0.1) is 0 Å². The third kappa shape index (κ3) is 4.47. The average molecular weight is 438 g/mol. The number of aromatic nitrogens is 4. The number of aromatic amines is 1. The number of aliphatic hydroxyl groups is 1. The predicted octanol–water partition coefficient (Wildman–Crippen LogP) is 0.402. The number of hydrogen-bond acceptors (Lipinski definition) is 7. The molecule has 4 N–H and O–H groups in total. The molecule has 0 bridgehead atoms. The molecule has 30 heavy (non-hydrogen) atoms. The summed E-state index contributed by atoms with van der Waals surface area (Å²) in [6.07, 6.45) is -1.07. The van der Waals surface area contributed by atoms with Crippen molar-refractivity contribution in [1.29, 1.82) is 0 Å². The number of carbonyl (C=O) groups is 1. The Morgan fingerprint density at radius 1 is 1.33 bits per heavy atom. The van der Waals surface area contributed by atoms with Crippen LogP contribution in [-0.4, -0.2) is 54.0 Å². The number of hydrogen-bond donors (Lipinski definition) is 4. The van der Waals surface area contributed by atoms with E-state index in [1.807, 2.05) is 0 Å². The van der Waals surface area contributed by atoms with Crippen LogP contribution in [-0.2, 0) is 18.4 Å². The van der Waals surface area contributed by atoms with Crippen molar-refractivity contribution in [3.63, 3.8) is 0 Å². The lowest BCUT2D eigenvalue weighted by Crippen LogP contribution is -2.32. The second-order valence-electron chi connectivity index (χ2n) is 6.66. The number of ether oxygens (including phenoxy) is 1. The van der Waals surface area contributed by atoms with Gasteiger partial charge in [-0.1, -0.05) is 11.6 Å². The Hall–Kier alpha value is -3.31. The minimum absolute atomic E-state index is 0.0164. The lowest BCUT2D eigenvalue weighted by Gasteiger charge is -2.17. The highest BCUT2D eigenvalue weighted by molar-refractivity contribution is 6.30. The average Bonchev–Trinajstić information content (AvgIpc) is 3.04. The number of halogens is 1. The van der Waals surface area contributed by atoms with Crippen LogP contribution in [0.4, 0.5) is 5.95 Å². The van der Waals surface area contributed by atoms with Gasteiger partial charge < -0.3 is 24.8 Å². The maximum absolute atomic E-state index is 12.4. The molecule has 0 saturated heterocycles. The highest BCUT2D eigenvalue weighted by Gasteiger charge is 2.22. The van der Waals surface area contributed by atoms with Crippen molar-refractivity contribution < 1.29 is 19.7 Å². The van der Waals surface area contributed by atoms with Crippen LogP contribution in [0.15, 0.2) is 33.9 Å². The number of nitrogens with one attached hydrogen (secondary N) is 2. The predicted molar refractivity (Wildman–Crippen MR) is 109 cm³/mol. The van der Waals surface area contributed by atoms with Crippen molar-refractivity contribution in [3.05, 3.63) is 50.1 Å². The molecule has 160 valence electrons. The van der Waals surface area contributed by atoms with E-state index in [-0.39, 0.29) is 30.3 Å². The standard InChI is InChI=1S/C18H20ClN5O6/c1-9(16(27)28)20-17-21-14-13(15(26)22-18(29)23(14)2)24(17)7-11(25)8-30-12-5-3-10(19)4-6-12/h3-6,9,11,25H,7-8H2,1-2H3,(H,20,21)(H,27,28)(H,22,26,29)/t9-,11-/m1/s1. The summed E-state index contributed by atoms with van der Waals surface area (Å²) in [6, 6.07) is 5.54. The van der Waals surface area contributed by atoms with E-state index >= 15 is 0 Å². The highest BCUT2D eigenvalue weighted by Crippen LogP contribution is 2.18. The van der Waals surface area contributed by atoms with Crippen LogP contribution in [0.3, 0.4) is 0 Å². The number of fused-ring (bicyclic) bond motifs is 1. The number of aryl methyl sites for hydroxylation is 1. The van der Waals surface area contributed by atoms with Crippen LogP contribution < -0.4 is 21.3 Å². The number of benzene rings is 1. The molecule has 0 saturated carbocycles. The summed E-state index contributed by atoms with van der Waals surface area (Å²) in [7, 11) is 1.42. The third-order valence-corrected chi connectivity index (χ3v) is 4.62. The van der Waals surface area contributed by atoms with E-state index < -0.39 is 29.4 Å². The molecule has 0 amide bonds. The van der Waals surface area contributed by atoms with Crippen LogP contribution in [0.5, 0.6) is 5.75 Å². The zero-order valence-electron chi connectivity index (χ0n) is 16.1. The number of aliphatic hydroxyl groups excluding tert-OH is 1. The normalized spacial score (nSPS) is 13.2. The lowest BCUT2D eigenvalue weighted by molar-refractivity contribution is -0.137. The molecule has 0 aliphatic carbocycles. The number of H-pyrrole nitrogens is 1. The monoisotopic (exact) mass is 437 g/mol. The molecule has 0 fully saturated rings. The third-order valence-electron chi connectivity index (χ3n) is 4.37. The summed E-state index contributed by atoms with van der Waals surface area (Å²) in [6.45, 7) is 1.15. The SMILES string of the molecule is C[C@@H](Nc1nc2c(c(=O)[nH]c(=O)n2C)n1C[C@@H](O)COc1ccc(Cl)cc1)C(=O)O. The molecular weight excluding hydrogens is 418 g/mol. The maximum Gasteiger partial charge on any atom is 0.329 e. The largest absolute Gasteiger partial charge is 0.491 e. The van der Waals surface area contributed by atoms with E-state index in [1.54, 1.807) is 24.3 Å². The molecule has 0 aliphatic rings. The number of aliphatic carboxylic acids is 1. The summed E-state index contributed by atoms with van der Waals surface area (Å²) in [5.74, 6) is -0.618. The first-order chi connectivity index (χ1) is 14.2. The van der Waals surface area contributed by atoms with Gasteiger partial charge in [0.15, 0.2) is 11.2 Å². The van der Waals surface area contributed by atoms with Gasteiger partial charge in [0.1, 0.15) is 24.5 Å². The Bertz CT molecular complexity index is 1180. The van der Waals surface area contributed by atoms with E-state index in [0.717, 1.165) is 4.57 Å². The summed E-state index contributed by atoms with van der Waals surface area (Å²) < 4.78 is 7.97. The summed E-state index contributed by atoms with van der Waals surface area (Å²) in [5, 5.41) is 22.8. The topological polar surface area (TPSA) is 151 Å². The van der Waals surface area contributed by atoms with Gasteiger partial charge in [-0.3, -0.25) is 19.1 Å². The van der Waals surface area contributed by atoms with Gasteiger partial charge in [0, 0.05) is 12.1 Å². The van der Waals surface area contributed by atoms with Crippen molar-refractivity contribution in [2.75, 3.05) is 11.9 Å². The van der Waals surface area contributed by atoms with Crippen molar-refractivity contribution in [2.45, 2.75) is 25.6 Å². The number of imidazole rings is 1. The molecule has 3 aromatic rings. The number of rotatable bonds is 8. The second-order valence-corrected chi connectivity index (χ2v) is 7.10. The first-order valence-electron chi connectivity index (χ1n) is 8.92. The molecule has 3 rings (SSSR count). The van der Waals surface area contributed by atoms with E-state index in [4.69, 9.17) is 16.3 Å². The molecule has 0 radical (unpaired) electrons. The fourth-order valence-corrected chi connectivity index (χ4v) is 2.89. The van der Waals surface area contributed by atoms with Crippen molar-refractivity contribution in [2.24, 2.45) is 7.05 Å². The van der Waals surface area contributed by atoms with Crippen LogP contribution in [0.1, 0.15) is 6.92 Å². The summed E-state index contributed by atoms with van der Waals surface area (Å²) in [4.78, 5) is 41.9. The molecule has 0 unspecified atom stereocenters. The highest BCUT2D eigenvalue weighted by atomic mass is 35.5. The molecule has 0 aliphatic heterocycles. The fraction of sp³-hybridized carbons (Fsp3) is 0.333. The van der Waals surface area contributed by atoms with Gasteiger partial charge in [-0.2, -0.15) is 4.98 Å². The molecule has 1 aromatic carbocycles. The number of nitrogens with zero attached hydrogens (tertiary/aromatic N) is 3. The molecule has 2 atom stereocenters. The quantitative estimate of drug-likeness (QED) is 0.395. The zero-order valence-corrected chi connectivity index (χ0v) is 16.9. The van der Waals surface area contributed by atoms with Gasteiger partial charge in [0.25, 0.3) is 5.56 Å². The van der Waals surface area contributed by atoms with E-state index in [9.17, 15) is 24.6 Å². The number of anilines is 1. The van der Waals surface area contributed by atoms with E-state index in [0.29, 0.717) is 10.8 Å². The molecular formula is C18H20ClN5O6. The van der Waals surface area contributed by atoms with Gasteiger partial charge in [-0.05, 0) is 31.2 Å². The van der Waals surface area contributed by atoms with Crippen LogP contribution in [0.25, 0.3) is 11.2 Å². The van der Waals surface area contributed by atoms with Gasteiger partial charge in [0.2, 0.25) is 5.95 Å². The first-order valence-corrected chi connectivity index (χ1v) is 9.30. The van der Waals surface area contributed by atoms with Gasteiger partial charge in [-0.25, -0.2) is 4.79 Å². The maximum atomic E-state index is 12.4. The molecule has 11 nitrogen and oxygen atoms in total. The minimum atomic E-state index is -1.14. The van der Waals surface area contributed by atoms with Crippen molar-refractivity contribution in [3.8, 4) is 5.75 Å². The Kier molecular flexibility index (Phi) is 6.13. The molecule has 0 spiro atoms. The van der Waals surface area contributed by atoms with Crippen LogP contribution >= 0.6 is 11.6 Å². The Morgan fingerprint density at radius 3 is 2.63 bits per heavy atom. The van der Waals surface area contributed by atoms with E-state index in [1.165, 1.54) is 18.5 Å². The Labute approximate surface area is 174 Å². The summed E-state index contributed by atoms with van der Waals surface area (Å²) in [5.41, 5.74) is -1.30. The van der Waals surface area contributed by atoms with Crippen molar-refractivity contribution in [1.82, 2.24) is 19.1 Å². The lowest BCUT2D eigenvalue weighted by atomic mass is 10.3. The molecule has 2 aromatic heterocycles. The molecule has 12 heteroatoms.